The van der Waals surface area contributed by atoms with Gasteiger partial charge in [-0.25, -0.2) is 14.5 Å². The quantitative estimate of drug-likeness (QED) is 0.478. The fourth-order valence-electron chi connectivity index (χ4n) is 2.75. The van der Waals surface area contributed by atoms with Gasteiger partial charge in [0.1, 0.15) is 0 Å². The number of esters is 1. The number of imide groups is 2. The Morgan fingerprint density at radius 3 is 2.59 bits per heavy atom. The van der Waals surface area contributed by atoms with Crippen LogP contribution >= 0.6 is 0 Å². The maximum Gasteiger partial charge on any atom is 0.338 e. The molecule has 1 aliphatic rings. The number of ether oxygens (including phenoxy) is 1. The van der Waals surface area contributed by atoms with E-state index in [4.69, 9.17) is 4.74 Å². The molecule has 0 aliphatic carbocycles. The number of barbiturate groups is 1. The van der Waals surface area contributed by atoms with Gasteiger partial charge in [0.25, 0.3) is 5.91 Å². The molecule has 0 saturated carbocycles. The normalized spacial score (nSPS) is 16.8. The van der Waals surface area contributed by atoms with Crippen LogP contribution in [0.1, 0.15) is 22.8 Å². The number of urea groups is 1. The molecule has 0 spiro atoms. The molecule has 1 N–H and O–H groups in total. The monoisotopic (exact) mass is 393 g/mol. The maximum absolute atomic E-state index is 12.8. The molecular weight excluding hydrogens is 374 g/mol. The predicted molar refractivity (Wildman–Crippen MR) is 106 cm³/mol. The minimum absolute atomic E-state index is 0.242. The summed E-state index contributed by atoms with van der Waals surface area (Å²) < 4.78 is 4.94. The number of nitrogens with one attached hydrogen (secondary N) is 1. The molecular formula is C21H19N3O5. The van der Waals surface area contributed by atoms with E-state index in [1.165, 1.54) is 6.07 Å². The molecule has 8 nitrogen and oxygen atoms in total. The summed E-state index contributed by atoms with van der Waals surface area (Å²) >= 11 is 0. The summed E-state index contributed by atoms with van der Waals surface area (Å²) in [7, 11) is 0. The number of hydrogen-bond acceptors (Lipinski definition) is 6. The number of aliphatic imine (C=N–C) groups is 1. The second-order valence-corrected chi connectivity index (χ2v) is 6.33. The summed E-state index contributed by atoms with van der Waals surface area (Å²) in [6.07, 6.45) is 1.16. The molecule has 29 heavy (non-hydrogen) atoms. The van der Waals surface area contributed by atoms with Gasteiger partial charge in [0.2, 0.25) is 5.91 Å². The summed E-state index contributed by atoms with van der Waals surface area (Å²) in [5.41, 5.74) is 2.00. The van der Waals surface area contributed by atoms with Gasteiger partial charge in [-0.2, -0.15) is 0 Å². The molecule has 1 saturated heterocycles. The molecule has 0 aromatic heterocycles. The highest BCUT2D eigenvalue weighted by molar-refractivity contribution is 6.32. The summed E-state index contributed by atoms with van der Waals surface area (Å²) in [6, 6.07) is 12.3. The smallest absolute Gasteiger partial charge is 0.338 e. The second kappa shape index (κ2) is 8.47. The van der Waals surface area contributed by atoms with Crippen LogP contribution in [0.3, 0.4) is 0 Å². The van der Waals surface area contributed by atoms with Crippen LogP contribution < -0.4 is 10.2 Å². The standard InChI is InChI=1S/C21H19N3O5/c1-3-29-20(27)14-5-4-6-15(11-14)22-12-17-18(25)23-21(28)24(19(17)26)16-9-7-13(2)8-10-16/h4-12,17H,3H2,1-2H3,(H,23,25,28)/t17-/m1/s1. The lowest BCUT2D eigenvalue weighted by Crippen LogP contribution is -2.58. The van der Waals surface area contributed by atoms with E-state index in [1.807, 2.05) is 6.92 Å². The Labute approximate surface area is 167 Å². The highest BCUT2D eigenvalue weighted by Crippen LogP contribution is 2.22. The van der Waals surface area contributed by atoms with E-state index in [9.17, 15) is 19.2 Å². The van der Waals surface area contributed by atoms with Crippen LogP contribution in [0.5, 0.6) is 0 Å². The van der Waals surface area contributed by atoms with Crippen molar-refractivity contribution in [1.82, 2.24) is 5.32 Å². The molecule has 2 aromatic rings. The molecule has 8 heteroatoms. The first-order valence-corrected chi connectivity index (χ1v) is 8.97. The Bertz CT molecular complexity index is 998. The third-order valence-electron chi connectivity index (χ3n) is 4.22. The molecule has 1 fully saturated rings. The Kier molecular flexibility index (Phi) is 5.82. The number of hydrogen-bond donors (Lipinski definition) is 1. The summed E-state index contributed by atoms with van der Waals surface area (Å²) in [4.78, 5) is 54.0. The van der Waals surface area contributed by atoms with E-state index in [0.717, 1.165) is 16.7 Å². The van der Waals surface area contributed by atoms with Gasteiger partial charge >= 0.3 is 12.0 Å². The van der Waals surface area contributed by atoms with Gasteiger partial charge in [-0.1, -0.05) is 23.8 Å². The number of anilines is 1. The summed E-state index contributed by atoms with van der Waals surface area (Å²) in [6.45, 7) is 3.82. The number of carbonyl (C=O) groups excluding carboxylic acids is 4. The largest absolute Gasteiger partial charge is 0.462 e. The zero-order chi connectivity index (χ0) is 21.0. The molecule has 0 bridgehead atoms. The van der Waals surface area contributed by atoms with Crippen molar-refractivity contribution in [3.05, 3.63) is 59.7 Å². The van der Waals surface area contributed by atoms with Crippen molar-refractivity contribution < 1.29 is 23.9 Å². The second-order valence-electron chi connectivity index (χ2n) is 6.33. The zero-order valence-corrected chi connectivity index (χ0v) is 15.9. The predicted octanol–water partition coefficient (Wildman–Crippen LogP) is 2.77. The molecule has 148 valence electrons. The van der Waals surface area contributed by atoms with Gasteiger partial charge in [-0.15, -0.1) is 0 Å². The van der Waals surface area contributed by atoms with Crippen LogP contribution in [-0.4, -0.2) is 36.6 Å². The number of carbonyl (C=O) groups is 4. The van der Waals surface area contributed by atoms with Crippen LogP contribution in [0.2, 0.25) is 0 Å². The average Bonchev–Trinajstić information content (AvgIpc) is 2.69. The van der Waals surface area contributed by atoms with Crippen molar-refractivity contribution in [2.24, 2.45) is 10.9 Å². The Hall–Kier alpha value is -3.81. The summed E-state index contributed by atoms with van der Waals surface area (Å²) in [5, 5.41) is 2.17. The fourth-order valence-corrected chi connectivity index (χ4v) is 2.75. The average molecular weight is 393 g/mol. The fraction of sp³-hybridized carbons (Fsp3) is 0.190. The Morgan fingerprint density at radius 1 is 1.17 bits per heavy atom. The molecule has 4 amide bonds. The SMILES string of the molecule is CCOC(=O)c1cccc(N=C[C@@H]2C(=O)NC(=O)N(c3ccc(C)cc3)C2=O)c1. The van der Waals surface area contributed by atoms with Gasteiger partial charge in [-0.3, -0.25) is 19.9 Å². The van der Waals surface area contributed by atoms with E-state index >= 15 is 0 Å². The number of aryl methyl sites for hydroxylation is 1. The third kappa shape index (κ3) is 4.37. The first kappa shape index (κ1) is 19.9. The first-order chi connectivity index (χ1) is 13.9. The molecule has 2 aromatic carbocycles. The highest BCUT2D eigenvalue weighted by atomic mass is 16.5. The van der Waals surface area contributed by atoms with E-state index in [1.54, 1.807) is 49.4 Å². The molecule has 0 radical (unpaired) electrons. The van der Waals surface area contributed by atoms with Crippen LogP contribution in [0, 0.1) is 12.8 Å². The molecule has 0 unspecified atom stereocenters. The van der Waals surface area contributed by atoms with Crippen molar-refractivity contribution >= 4 is 41.4 Å². The molecule has 3 rings (SSSR count). The summed E-state index contributed by atoms with van der Waals surface area (Å²) in [5.74, 6) is -3.23. The van der Waals surface area contributed by atoms with E-state index in [-0.39, 0.29) is 6.61 Å². The van der Waals surface area contributed by atoms with Gasteiger partial charge < -0.3 is 4.74 Å². The van der Waals surface area contributed by atoms with Crippen molar-refractivity contribution in [2.75, 3.05) is 11.5 Å². The number of amides is 4. The zero-order valence-electron chi connectivity index (χ0n) is 15.9. The van der Waals surface area contributed by atoms with Gasteiger partial charge in [0.05, 0.1) is 23.5 Å². The van der Waals surface area contributed by atoms with Crippen molar-refractivity contribution in [3.63, 3.8) is 0 Å². The van der Waals surface area contributed by atoms with E-state index in [0.29, 0.717) is 16.9 Å². The first-order valence-electron chi connectivity index (χ1n) is 8.97. The molecule has 1 atom stereocenters. The van der Waals surface area contributed by atoms with Crippen LogP contribution in [0.4, 0.5) is 16.2 Å². The van der Waals surface area contributed by atoms with Gasteiger partial charge in [0.15, 0.2) is 5.92 Å². The maximum atomic E-state index is 12.8. The van der Waals surface area contributed by atoms with Crippen LogP contribution in [0.15, 0.2) is 53.5 Å². The van der Waals surface area contributed by atoms with Crippen molar-refractivity contribution in [2.45, 2.75) is 13.8 Å². The van der Waals surface area contributed by atoms with Crippen LogP contribution in [-0.2, 0) is 14.3 Å². The van der Waals surface area contributed by atoms with Crippen LogP contribution in [0.25, 0.3) is 0 Å². The van der Waals surface area contributed by atoms with Gasteiger partial charge in [0, 0.05) is 6.21 Å². The third-order valence-corrected chi connectivity index (χ3v) is 4.22. The lowest BCUT2D eigenvalue weighted by Gasteiger charge is -2.28. The number of benzene rings is 2. The van der Waals surface area contributed by atoms with E-state index < -0.39 is 29.7 Å². The number of nitrogens with zero attached hydrogens (tertiary/aromatic N) is 2. The molecule has 1 aliphatic heterocycles. The lowest BCUT2D eigenvalue weighted by molar-refractivity contribution is -0.131. The topological polar surface area (TPSA) is 105 Å². The van der Waals surface area contributed by atoms with Gasteiger partial charge in [-0.05, 0) is 44.2 Å². The van der Waals surface area contributed by atoms with Crippen molar-refractivity contribution in [1.29, 1.82) is 0 Å². The Balaban J connectivity index is 1.84. The van der Waals surface area contributed by atoms with E-state index in [2.05, 4.69) is 10.3 Å². The molecule has 1 heterocycles. The lowest BCUT2D eigenvalue weighted by atomic mass is 10.1. The number of rotatable bonds is 5. The highest BCUT2D eigenvalue weighted by Gasteiger charge is 2.40. The minimum Gasteiger partial charge on any atom is -0.462 e. The Morgan fingerprint density at radius 2 is 1.90 bits per heavy atom. The minimum atomic E-state index is -1.28. The van der Waals surface area contributed by atoms with Crippen molar-refractivity contribution in [3.8, 4) is 0 Å².